The average molecular weight is 224 g/mol. The van der Waals surface area contributed by atoms with Crippen molar-refractivity contribution in [3.8, 4) is 0 Å². The Morgan fingerprint density at radius 3 is 2.53 bits per heavy atom. The van der Waals surface area contributed by atoms with Crippen molar-refractivity contribution in [2.24, 2.45) is 0 Å². The third kappa shape index (κ3) is 1.17. The van der Waals surface area contributed by atoms with Crippen LogP contribution in [0.5, 0.6) is 0 Å². The van der Waals surface area contributed by atoms with Crippen LogP contribution < -0.4 is 0 Å². The number of ether oxygens (including phenoxy) is 2. The fraction of sp³-hybridized carbons (Fsp3) is 0.200. The molecule has 1 saturated heterocycles. The SMILES string of the molecule is C1=CC2(OCCO2)c2cccc3cccc1c23. The Labute approximate surface area is 99.5 Å². The summed E-state index contributed by atoms with van der Waals surface area (Å²) in [6.45, 7) is 1.31. The number of rotatable bonds is 0. The fourth-order valence-corrected chi connectivity index (χ4v) is 2.77. The van der Waals surface area contributed by atoms with E-state index in [1.165, 1.54) is 16.3 Å². The molecule has 0 bridgehead atoms. The average Bonchev–Trinajstić information content (AvgIpc) is 2.84. The Hall–Kier alpha value is -1.64. The van der Waals surface area contributed by atoms with E-state index in [1.54, 1.807) is 0 Å². The Morgan fingerprint density at radius 2 is 1.71 bits per heavy atom. The van der Waals surface area contributed by atoms with Crippen molar-refractivity contribution in [1.29, 1.82) is 0 Å². The van der Waals surface area contributed by atoms with Crippen molar-refractivity contribution in [3.63, 3.8) is 0 Å². The first kappa shape index (κ1) is 9.40. The van der Waals surface area contributed by atoms with Gasteiger partial charge in [-0.15, -0.1) is 0 Å². The minimum Gasteiger partial charge on any atom is -0.340 e. The van der Waals surface area contributed by atoms with Crippen LogP contribution >= 0.6 is 0 Å². The molecule has 0 amide bonds. The summed E-state index contributed by atoms with van der Waals surface area (Å²) in [7, 11) is 0. The van der Waals surface area contributed by atoms with Gasteiger partial charge in [0.25, 0.3) is 0 Å². The molecule has 0 radical (unpaired) electrons. The number of hydrogen-bond acceptors (Lipinski definition) is 2. The van der Waals surface area contributed by atoms with Crippen LogP contribution in [0.1, 0.15) is 11.1 Å². The van der Waals surface area contributed by atoms with E-state index in [9.17, 15) is 0 Å². The number of fused-ring (bicyclic) bond motifs is 1. The zero-order chi connectivity index (χ0) is 11.3. The molecule has 1 aliphatic heterocycles. The maximum Gasteiger partial charge on any atom is 0.216 e. The number of benzene rings is 2. The summed E-state index contributed by atoms with van der Waals surface area (Å²) < 4.78 is 11.6. The highest BCUT2D eigenvalue weighted by atomic mass is 16.7. The molecule has 0 N–H and O–H groups in total. The highest BCUT2D eigenvalue weighted by Crippen LogP contribution is 2.42. The Balaban J connectivity index is 2.11. The zero-order valence-corrected chi connectivity index (χ0v) is 9.35. The van der Waals surface area contributed by atoms with Gasteiger partial charge in [0.1, 0.15) is 0 Å². The van der Waals surface area contributed by atoms with Crippen molar-refractivity contribution >= 4 is 16.8 Å². The minimum atomic E-state index is -0.645. The van der Waals surface area contributed by atoms with E-state index in [0.717, 1.165) is 5.56 Å². The van der Waals surface area contributed by atoms with Crippen molar-refractivity contribution < 1.29 is 9.47 Å². The van der Waals surface area contributed by atoms with E-state index in [1.807, 2.05) is 6.08 Å². The zero-order valence-electron chi connectivity index (χ0n) is 9.35. The quantitative estimate of drug-likeness (QED) is 0.684. The first-order valence-electron chi connectivity index (χ1n) is 5.88. The van der Waals surface area contributed by atoms with Gasteiger partial charge in [0.05, 0.1) is 13.2 Å². The van der Waals surface area contributed by atoms with E-state index < -0.39 is 5.79 Å². The summed E-state index contributed by atoms with van der Waals surface area (Å²) in [5.41, 5.74) is 2.37. The van der Waals surface area contributed by atoms with Crippen molar-refractivity contribution in [2.45, 2.75) is 5.79 Å². The largest absolute Gasteiger partial charge is 0.340 e. The second-order valence-electron chi connectivity index (χ2n) is 4.45. The van der Waals surface area contributed by atoms with E-state index in [0.29, 0.717) is 13.2 Å². The lowest BCUT2D eigenvalue weighted by Crippen LogP contribution is -2.26. The van der Waals surface area contributed by atoms with E-state index in [4.69, 9.17) is 9.47 Å². The van der Waals surface area contributed by atoms with Crippen molar-refractivity contribution in [1.82, 2.24) is 0 Å². The molecule has 1 aliphatic carbocycles. The topological polar surface area (TPSA) is 18.5 Å². The Bertz CT molecular complexity index is 617. The van der Waals surface area contributed by atoms with Gasteiger partial charge in [0.15, 0.2) is 0 Å². The lowest BCUT2D eigenvalue weighted by atomic mass is 9.89. The Kier molecular flexibility index (Phi) is 1.76. The van der Waals surface area contributed by atoms with Gasteiger partial charge in [-0.25, -0.2) is 0 Å². The van der Waals surface area contributed by atoms with E-state index >= 15 is 0 Å². The van der Waals surface area contributed by atoms with Crippen molar-refractivity contribution in [3.05, 3.63) is 53.6 Å². The molecule has 2 heteroatoms. The molecule has 2 aliphatic rings. The molecule has 2 aromatic rings. The first-order valence-corrected chi connectivity index (χ1v) is 5.88. The molecule has 84 valence electrons. The maximum absolute atomic E-state index is 5.82. The highest BCUT2D eigenvalue weighted by molar-refractivity contribution is 5.95. The molecule has 1 heterocycles. The van der Waals surface area contributed by atoms with Gasteiger partial charge in [-0.1, -0.05) is 42.5 Å². The fourth-order valence-electron chi connectivity index (χ4n) is 2.77. The normalized spacial score (nSPS) is 20.2. The molecule has 2 aromatic carbocycles. The molecular weight excluding hydrogens is 212 g/mol. The molecule has 17 heavy (non-hydrogen) atoms. The third-order valence-corrected chi connectivity index (χ3v) is 3.51. The molecule has 2 nitrogen and oxygen atoms in total. The van der Waals surface area contributed by atoms with Crippen LogP contribution in [0.3, 0.4) is 0 Å². The summed E-state index contributed by atoms with van der Waals surface area (Å²) in [6.07, 6.45) is 4.12. The van der Waals surface area contributed by atoms with Gasteiger partial charge >= 0.3 is 0 Å². The van der Waals surface area contributed by atoms with Crippen LogP contribution in [-0.4, -0.2) is 13.2 Å². The monoisotopic (exact) mass is 224 g/mol. The van der Waals surface area contributed by atoms with Crippen molar-refractivity contribution in [2.75, 3.05) is 13.2 Å². The molecular formula is C15H12O2. The van der Waals surface area contributed by atoms with Crippen LogP contribution in [0.15, 0.2) is 42.5 Å². The summed E-state index contributed by atoms with van der Waals surface area (Å²) in [5.74, 6) is -0.645. The summed E-state index contributed by atoms with van der Waals surface area (Å²) in [6, 6.07) is 12.6. The maximum atomic E-state index is 5.82. The van der Waals surface area contributed by atoms with Gasteiger partial charge in [0.2, 0.25) is 5.79 Å². The third-order valence-electron chi connectivity index (χ3n) is 3.51. The summed E-state index contributed by atoms with van der Waals surface area (Å²) in [4.78, 5) is 0. The molecule has 0 atom stereocenters. The van der Waals surface area contributed by atoms with Crippen LogP contribution in [0.25, 0.3) is 16.8 Å². The van der Waals surface area contributed by atoms with Gasteiger partial charge in [0, 0.05) is 5.56 Å². The van der Waals surface area contributed by atoms with E-state index in [-0.39, 0.29) is 0 Å². The lowest BCUT2D eigenvalue weighted by Gasteiger charge is -2.29. The van der Waals surface area contributed by atoms with Crippen LogP contribution in [0.2, 0.25) is 0 Å². The second-order valence-corrected chi connectivity index (χ2v) is 4.45. The second kappa shape index (κ2) is 3.19. The van der Waals surface area contributed by atoms with Crippen LogP contribution in [0.4, 0.5) is 0 Å². The van der Waals surface area contributed by atoms with Gasteiger partial charge in [-0.05, 0) is 22.4 Å². The lowest BCUT2D eigenvalue weighted by molar-refractivity contribution is -0.121. The molecule has 0 aromatic heterocycles. The summed E-state index contributed by atoms with van der Waals surface area (Å²) in [5, 5.41) is 2.49. The first-order chi connectivity index (χ1) is 8.39. The molecule has 1 fully saturated rings. The van der Waals surface area contributed by atoms with E-state index in [2.05, 4.69) is 42.5 Å². The smallest absolute Gasteiger partial charge is 0.216 e. The molecule has 0 unspecified atom stereocenters. The predicted octanol–water partition coefficient (Wildman–Crippen LogP) is 3.07. The van der Waals surface area contributed by atoms with Gasteiger partial charge < -0.3 is 9.47 Å². The molecule has 4 rings (SSSR count). The van der Waals surface area contributed by atoms with Crippen LogP contribution in [0, 0.1) is 0 Å². The van der Waals surface area contributed by atoms with Gasteiger partial charge in [-0.3, -0.25) is 0 Å². The Morgan fingerprint density at radius 1 is 0.941 bits per heavy atom. The van der Waals surface area contributed by atoms with Gasteiger partial charge in [-0.2, -0.15) is 0 Å². The number of hydrogen-bond donors (Lipinski definition) is 0. The summed E-state index contributed by atoms with van der Waals surface area (Å²) >= 11 is 0. The standard InChI is InChI=1S/C15H12O2/c1-3-11-5-2-6-13-14(11)12(4-1)7-8-15(13)16-9-10-17-15/h1-8H,9-10H2. The minimum absolute atomic E-state index is 0.645. The predicted molar refractivity (Wildman–Crippen MR) is 66.6 cm³/mol. The highest BCUT2D eigenvalue weighted by Gasteiger charge is 2.39. The molecule has 0 saturated carbocycles. The van der Waals surface area contributed by atoms with Crippen LogP contribution in [-0.2, 0) is 15.3 Å². The molecule has 1 spiro atoms.